The maximum atomic E-state index is 13.1. The largest absolute Gasteiger partial charge is 0.416 e. The van der Waals surface area contributed by atoms with Crippen LogP contribution < -0.4 is 10.2 Å². The molecule has 2 N–H and O–H groups in total. The standard InChI is InChI=1S/C29H27F3N4O/c30-29(31,32)22-9-7-21(8-10-22)26-5-1-2-6-27(26)28(37)34-23-11-13-25(14-12-23)36-18-16-35(17-19-36)20-24-4-3-15-33-24/h1-15,33H,16-20H2,(H,34,37). The highest BCUT2D eigenvalue weighted by Crippen LogP contribution is 2.32. The highest BCUT2D eigenvalue weighted by atomic mass is 19.4. The molecule has 5 nitrogen and oxygen atoms in total. The van der Waals surface area contributed by atoms with Gasteiger partial charge >= 0.3 is 6.18 Å². The lowest BCUT2D eigenvalue weighted by Gasteiger charge is -2.36. The summed E-state index contributed by atoms with van der Waals surface area (Å²) >= 11 is 0. The molecule has 0 aliphatic carbocycles. The molecule has 0 spiro atoms. The number of hydrogen-bond acceptors (Lipinski definition) is 3. The van der Waals surface area contributed by atoms with Crippen molar-refractivity contribution in [2.24, 2.45) is 0 Å². The molecular formula is C29H27F3N4O. The van der Waals surface area contributed by atoms with Gasteiger partial charge in [-0.25, -0.2) is 0 Å². The molecule has 2 heterocycles. The number of piperazine rings is 1. The van der Waals surface area contributed by atoms with Gasteiger partial charge in [0.05, 0.1) is 5.56 Å². The van der Waals surface area contributed by atoms with Crippen molar-refractivity contribution < 1.29 is 18.0 Å². The lowest BCUT2D eigenvalue weighted by atomic mass is 9.98. The van der Waals surface area contributed by atoms with Gasteiger partial charge < -0.3 is 15.2 Å². The normalized spacial score (nSPS) is 14.5. The third-order valence-corrected chi connectivity index (χ3v) is 6.61. The summed E-state index contributed by atoms with van der Waals surface area (Å²) in [4.78, 5) is 21.1. The van der Waals surface area contributed by atoms with Crippen molar-refractivity contribution in [3.8, 4) is 11.1 Å². The molecule has 1 aromatic heterocycles. The molecule has 8 heteroatoms. The summed E-state index contributed by atoms with van der Waals surface area (Å²) < 4.78 is 38.8. The van der Waals surface area contributed by atoms with Gasteiger partial charge in [0.25, 0.3) is 5.91 Å². The summed E-state index contributed by atoms with van der Waals surface area (Å²) in [6.07, 6.45) is -2.46. The van der Waals surface area contributed by atoms with Crippen LogP contribution in [0.5, 0.6) is 0 Å². The molecule has 0 atom stereocenters. The minimum Gasteiger partial charge on any atom is -0.369 e. The van der Waals surface area contributed by atoms with Crippen molar-refractivity contribution >= 4 is 17.3 Å². The van der Waals surface area contributed by atoms with Crippen molar-refractivity contribution in [3.63, 3.8) is 0 Å². The molecule has 1 saturated heterocycles. The molecule has 0 bridgehead atoms. The molecule has 4 aromatic rings. The van der Waals surface area contributed by atoms with Crippen LogP contribution in [0.25, 0.3) is 11.1 Å². The van der Waals surface area contributed by atoms with Crippen LogP contribution in [0.1, 0.15) is 21.6 Å². The van der Waals surface area contributed by atoms with Crippen LogP contribution in [0.3, 0.4) is 0 Å². The third-order valence-electron chi connectivity index (χ3n) is 6.61. The van der Waals surface area contributed by atoms with E-state index in [0.29, 0.717) is 22.4 Å². The highest BCUT2D eigenvalue weighted by molar-refractivity contribution is 6.08. The Morgan fingerprint density at radius 1 is 0.838 bits per heavy atom. The zero-order valence-electron chi connectivity index (χ0n) is 20.1. The first kappa shape index (κ1) is 24.6. The van der Waals surface area contributed by atoms with Crippen molar-refractivity contribution in [2.45, 2.75) is 12.7 Å². The van der Waals surface area contributed by atoms with Crippen LogP contribution in [0.15, 0.2) is 91.1 Å². The van der Waals surface area contributed by atoms with Gasteiger partial charge in [0.2, 0.25) is 0 Å². The molecule has 0 radical (unpaired) electrons. The molecule has 1 aliphatic rings. The van der Waals surface area contributed by atoms with Gasteiger partial charge in [0, 0.05) is 61.6 Å². The Kier molecular flexibility index (Phi) is 7.01. The summed E-state index contributed by atoms with van der Waals surface area (Å²) in [5, 5.41) is 2.92. The molecule has 37 heavy (non-hydrogen) atoms. The Morgan fingerprint density at radius 3 is 2.19 bits per heavy atom. The van der Waals surface area contributed by atoms with Crippen LogP contribution in [0, 0.1) is 0 Å². The fourth-order valence-corrected chi connectivity index (χ4v) is 4.60. The lowest BCUT2D eigenvalue weighted by Crippen LogP contribution is -2.46. The summed E-state index contributed by atoms with van der Waals surface area (Å²) in [6.45, 7) is 4.70. The molecule has 1 amide bonds. The molecule has 5 rings (SSSR count). The number of nitrogens with one attached hydrogen (secondary N) is 2. The number of halogens is 3. The summed E-state index contributed by atoms with van der Waals surface area (Å²) in [6, 6.07) is 23.6. The zero-order valence-corrected chi connectivity index (χ0v) is 20.1. The SMILES string of the molecule is O=C(Nc1ccc(N2CCN(Cc3ccc[nH]3)CC2)cc1)c1ccccc1-c1ccc(C(F)(F)F)cc1. The minimum atomic E-state index is -4.41. The Balaban J connectivity index is 1.22. The molecule has 190 valence electrons. The highest BCUT2D eigenvalue weighted by Gasteiger charge is 2.30. The fourth-order valence-electron chi connectivity index (χ4n) is 4.60. The van der Waals surface area contributed by atoms with E-state index in [1.165, 1.54) is 17.8 Å². The molecule has 3 aromatic carbocycles. The van der Waals surface area contributed by atoms with Gasteiger partial charge in [0.1, 0.15) is 0 Å². The monoisotopic (exact) mass is 504 g/mol. The Bertz CT molecular complexity index is 1330. The Hall–Kier alpha value is -4.04. The van der Waals surface area contributed by atoms with Crippen LogP contribution in [-0.2, 0) is 12.7 Å². The molecular weight excluding hydrogens is 477 g/mol. The Morgan fingerprint density at radius 2 is 1.54 bits per heavy atom. The van der Waals surface area contributed by atoms with E-state index < -0.39 is 11.7 Å². The summed E-state index contributed by atoms with van der Waals surface area (Å²) in [7, 11) is 0. The Labute approximate surface area is 213 Å². The van der Waals surface area contributed by atoms with E-state index in [9.17, 15) is 18.0 Å². The second-order valence-corrected chi connectivity index (χ2v) is 9.08. The number of alkyl halides is 3. The number of rotatable bonds is 6. The number of amides is 1. The van der Waals surface area contributed by atoms with Crippen LogP contribution in [0.4, 0.5) is 24.5 Å². The maximum Gasteiger partial charge on any atom is 0.416 e. The fraction of sp³-hybridized carbons (Fsp3) is 0.207. The smallest absolute Gasteiger partial charge is 0.369 e. The number of anilines is 2. The number of benzene rings is 3. The average Bonchev–Trinajstić information content (AvgIpc) is 3.42. The van der Waals surface area contributed by atoms with Gasteiger partial charge in [0.15, 0.2) is 0 Å². The number of carbonyl (C=O) groups excluding carboxylic acids is 1. The van der Waals surface area contributed by atoms with Crippen LogP contribution >= 0.6 is 0 Å². The van der Waals surface area contributed by atoms with Gasteiger partial charge in [-0.05, 0) is 65.7 Å². The van der Waals surface area contributed by atoms with E-state index in [1.54, 1.807) is 24.3 Å². The van der Waals surface area contributed by atoms with Crippen molar-refractivity contribution in [1.29, 1.82) is 0 Å². The predicted molar refractivity (Wildman–Crippen MR) is 140 cm³/mol. The quantitative estimate of drug-likeness (QED) is 0.325. The zero-order chi connectivity index (χ0) is 25.8. The number of hydrogen-bond donors (Lipinski definition) is 2. The maximum absolute atomic E-state index is 13.1. The van der Waals surface area contributed by atoms with Crippen LogP contribution in [0.2, 0.25) is 0 Å². The second kappa shape index (κ2) is 10.5. The molecule has 1 aliphatic heterocycles. The molecule has 1 fully saturated rings. The number of aromatic amines is 1. The first-order valence-electron chi connectivity index (χ1n) is 12.1. The lowest BCUT2D eigenvalue weighted by molar-refractivity contribution is -0.137. The number of H-pyrrole nitrogens is 1. The van der Waals surface area contributed by atoms with Gasteiger partial charge in [-0.1, -0.05) is 30.3 Å². The minimum absolute atomic E-state index is 0.318. The van der Waals surface area contributed by atoms with Gasteiger partial charge in [-0.3, -0.25) is 9.69 Å². The topological polar surface area (TPSA) is 51.4 Å². The third kappa shape index (κ3) is 5.86. The average molecular weight is 505 g/mol. The number of carbonyl (C=O) groups is 1. The first-order valence-corrected chi connectivity index (χ1v) is 12.1. The number of nitrogens with zero attached hydrogens (tertiary/aromatic N) is 2. The number of aromatic nitrogens is 1. The molecule has 0 unspecified atom stereocenters. The van der Waals surface area contributed by atoms with E-state index in [1.807, 2.05) is 36.5 Å². The van der Waals surface area contributed by atoms with E-state index in [0.717, 1.165) is 50.5 Å². The van der Waals surface area contributed by atoms with Crippen molar-refractivity contribution in [2.75, 3.05) is 36.4 Å². The second-order valence-electron chi connectivity index (χ2n) is 9.08. The summed E-state index contributed by atoms with van der Waals surface area (Å²) in [5.74, 6) is -0.318. The first-order chi connectivity index (χ1) is 17.9. The van der Waals surface area contributed by atoms with Crippen molar-refractivity contribution in [3.05, 3.63) is 108 Å². The van der Waals surface area contributed by atoms with Crippen LogP contribution in [-0.4, -0.2) is 42.0 Å². The van der Waals surface area contributed by atoms with Gasteiger partial charge in [-0.15, -0.1) is 0 Å². The van der Waals surface area contributed by atoms with E-state index in [2.05, 4.69) is 26.2 Å². The van der Waals surface area contributed by atoms with E-state index >= 15 is 0 Å². The predicted octanol–water partition coefficient (Wildman–Crippen LogP) is 6.28. The van der Waals surface area contributed by atoms with Gasteiger partial charge in [-0.2, -0.15) is 13.2 Å². The van der Waals surface area contributed by atoms with E-state index in [4.69, 9.17) is 0 Å². The summed E-state index contributed by atoms with van der Waals surface area (Å²) in [5.41, 5.74) is 3.76. The molecule has 0 saturated carbocycles. The van der Waals surface area contributed by atoms with Crippen molar-refractivity contribution in [1.82, 2.24) is 9.88 Å². The van der Waals surface area contributed by atoms with E-state index in [-0.39, 0.29) is 5.91 Å².